The molecule has 146 valence electrons. The largest absolute Gasteiger partial charge is 0.490 e. The molecule has 0 radical (unpaired) electrons. The van der Waals surface area contributed by atoms with Crippen molar-refractivity contribution in [1.82, 2.24) is 0 Å². The highest BCUT2D eigenvalue weighted by molar-refractivity contribution is 5.31. The lowest BCUT2D eigenvalue weighted by Crippen LogP contribution is -2.27. The molecule has 0 heterocycles. The lowest BCUT2D eigenvalue weighted by atomic mass is 9.69. The van der Waals surface area contributed by atoms with Crippen LogP contribution in [0.15, 0.2) is 12.1 Å². The van der Waals surface area contributed by atoms with Gasteiger partial charge in [0.25, 0.3) is 0 Å². The average molecular weight is 365 g/mol. The highest BCUT2D eigenvalue weighted by Crippen LogP contribution is 2.42. The van der Waals surface area contributed by atoms with Crippen LogP contribution < -0.4 is 4.74 Å². The third-order valence-electron chi connectivity index (χ3n) is 7.01. The van der Waals surface area contributed by atoms with Crippen LogP contribution in [0.1, 0.15) is 77.2 Å². The van der Waals surface area contributed by atoms with Gasteiger partial charge in [0.15, 0.2) is 11.6 Å². The number of ether oxygens (including phenoxy) is 1. The molecule has 0 aliphatic heterocycles. The highest BCUT2D eigenvalue weighted by Gasteiger charge is 2.30. The zero-order valence-electron chi connectivity index (χ0n) is 16.4. The van der Waals surface area contributed by atoms with Crippen molar-refractivity contribution in [2.45, 2.75) is 78.1 Å². The first-order valence-electron chi connectivity index (χ1n) is 10.7. The van der Waals surface area contributed by atoms with Gasteiger partial charge in [0.2, 0.25) is 5.82 Å². The van der Waals surface area contributed by atoms with Crippen molar-refractivity contribution in [3.63, 3.8) is 0 Å². The van der Waals surface area contributed by atoms with Gasteiger partial charge in [-0.1, -0.05) is 39.2 Å². The third kappa shape index (κ3) is 4.58. The molecule has 1 aromatic rings. The summed E-state index contributed by atoms with van der Waals surface area (Å²) in [6.45, 7) is 4.66. The van der Waals surface area contributed by atoms with Crippen molar-refractivity contribution >= 4 is 0 Å². The molecular weight excluding hydrogens is 330 g/mol. The Balaban J connectivity index is 1.44. The molecular formula is C23H34F2O. The maximum absolute atomic E-state index is 14.1. The van der Waals surface area contributed by atoms with Gasteiger partial charge in [-0.3, -0.25) is 0 Å². The SMILES string of the molecule is CCc1ccc(OCC2CCC(C3CCC(CC)CC3)CC2)c(F)c1F. The molecule has 0 spiro atoms. The number of rotatable bonds is 6. The van der Waals surface area contributed by atoms with Crippen LogP contribution in [0.5, 0.6) is 5.75 Å². The van der Waals surface area contributed by atoms with E-state index < -0.39 is 11.6 Å². The summed E-state index contributed by atoms with van der Waals surface area (Å²) < 4.78 is 33.6. The second-order valence-electron chi connectivity index (χ2n) is 8.49. The van der Waals surface area contributed by atoms with Gasteiger partial charge < -0.3 is 4.74 Å². The first kappa shape index (κ1) is 19.6. The molecule has 26 heavy (non-hydrogen) atoms. The number of halogens is 2. The summed E-state index contributed by atoms with van der Waals surface area (Å²) in [6.07, 6.45) is 12.4. The topological polar surface area (TPSA) is 9.23 Å². The van der Waals surface area contributed by atoms with Crippen molar-refractivity contribution < 1.29 is 13.5 Å². The second-order valence-corrected chi connectivity index (χ2v) is 8.49. The van der Waals surface area contributed by atoms with Crippen molar-refractivity contribution in [3.8, 4) is 5.75 Å². The van der Waals surface area contributed by atoms with Gasteiger partial charge in [-0.05, 0) is 80.2 Å². The first-order chi connectivity index (χ1) is 12.6. The summed E-state index contributed by atoms with van der Waals surface area (Å²) in [5, 5.41) is 0. The standard InChI is InChI=1S/C23H34F2O/c1-3-16-5-9-19(10-6-16)20-11-7-17(8-12-20)15-26-21-14-13-18(4-2)22(24)23(21)25/h13-14,16-17,19-20H,3-12,15H2,1-2H3. The van der Waals surface area contributed by atoms with Crippen LogP contribution in [-0.4, -0.2) is 6.61 Å². The molecule has 0 unspecified atom stereocenters. The fourth-order valence-electron chi connectivity index (χ4n) is 5.06. The third-order valence-corrected chi connectivity index (χ3v) is 7.01. The highest BCUT2D eigenvalue weighted by atomic mass is 19.2. The molecule has 0 N–H and O–H groups in total. The zero-order chi connectivity index (χ0) is 18.5. The van der Waals surface area contributed by atoms with Gasteiger partial charge in [0, 0.05) is 0 Å². The predicted octanol–water partition coefficient (Wildman–Crippen LogP) is 6.93. The van der Waals surface area contributed by atoms with Gasteiger partial charge in [-0.25, -0.2) is 4.39 Å². The van der Waals surface area contributed by atoms with E-state index in [9.17, 15) is 8.78 Å². The van der Waals surface area contributed by atoms with E-state index in [-0.39, 0.29) is 5.75 Å². The predicted molar refractivity (Wildman–Crippen MR) is 102 cm³/mol. The number of hydrogen-bond acceptors (Lipinski definition) is 1. The first-order valence-corrected chi connectivity index (χ1v) is 10.7. The van der Waals surface area contributed by atoms with Gasteiger partial charge in [0.1, 0.15) is 0 Å². The molecule has 0 amide bonds. The van der Waals surface area contributed by atoms with Crippen molar-refractivity contribution in [2.24, 2.45) is 23.7 Å². The monoisotopic (exact) mass is 364 g/mol. The van der Waals surface area contributed by atoms with Gasteiger partial charge in [-0.2, -0.15) is 4.39 Å². The Bertz CT molecular complexity index is 570. The molecule has 2 aliphatic carbocycles. The summed E-state index contributed by atoms with van der Waals surface area (Å²) in [4.78, 5) is 0. The minimum absolute atomic E-state index is 0.0692. The summed E-state index contributed by atoms with van der Waals surface area (Å²) >= 11 is 0. The van der Waals surface area contributed by atoms with Crippen LogP contribution in [0.4, 0.5) is 8.78 Å². The van der Waals surface area contributed by atoms with E-state index in [1.54, 1.807) is 12.1 Å². The molecule has 0 atom stereocenters. The fourth-order valence-corrected chi connectivity index (χ4v) is 5.06. The maximum Gasteiger partial charge on any atom is 0.200 e. The van der Waals surface area contributed by atoms with Crippen LogP contribution in [0.2, 0.25) is 0 Å². The zero-order valence-corrected chi connectivity index (χ0v) is 16.4. The van der Waals surface area contributed by atoms with Crippen molar-refractivity contribution in [3.05, 3.63) is 29.3 Å². The van der Waals surface area contributed by atoms with Gasteiger partial charge in [0.05, 0.1) is 6.61 Å². The Morgan fingerprint density at radius 2 is 1.38 bits per heavy atom. The summed E-state index contributed by atoms with van der Waals surface area (Å²) in [6, 6.07) is 3.21. The second kappa shape index (κ2) is 9.19. The molecule has 0 saturated heterocycles. The Morgan fingerprint density at radius 1 is 0.808 bits per heavy atom. The van der Waals surface area contributed by atoms with E-state index in [0.717, 1.165) is 30.6 Å². The minimum atomic E-state index is -0.828. The van der Waals surface area contributed by atoms with Crippen LogP contribution in [0.3, 0.4) is 0 Å². The van der Waals surface area contributed by atoms with E-state index in [0.29, 0.717) is 24.5 Å². The van der Waals surface area contributed by atoms with E-state index in [1.165, 1.54) is 44.9 Å². The normalized spacial score (nSPS) is 29.5. The van der Waals surface area contributed by atoms with Crippen LogP contribution in [0.25, 0.3) is 0 Å². The molecule has 0 bridgehead atoms. The van der Waals surface area contributed by atoms with E-state index in [1.807, 2.05) is 6.92 Å². The smallest absolute Gasteiger partial charge is 0.200 e. The number of aryl methyl sites for hydroxylation is 1. The van der Waals surface area contributed by atoms with Crippen LogP contribution in [0, 0.1) is 35.3 Å². The fraction of sp³-hybridized carbons (Fsp3) is 0.739. The number of hydrogen-bond donors (Lipinski definition) is 0. The summed E-state index contributed by atoms with van der Waals surface area (Å²) in [5.74, 6) is 1.73. The molecule has 2 fully saturated rings. The van der Waals surface area contributed by atoms with Crippen molar-refractivity contribution in [1.29, 1.82) is 0 Å². The maximum atomic E-state index is 14.1. The average Bonchev–Trinajstić information content (AvgIpc) is 2.70. The quantitative estimate of drug-likeness (QED) is 0.532. The summed E-state index contributed by atoms with van der Waals surface area (Å²) in [7, 11) is 0. The van der Waals surface area contributed by atoms with E-state index in [4.69, 9.17) is 4.74 Å². The Labute approximate surface area is 157 Å². The minimum Gasteiger partial charge on any atom is -0.490 e. The number of benzene rings is 1. The van der Waals surface area contributed by atoms with Crippen LogP contribution in [-0.2, 0) is 6.42 Å². The molecule has 3 rings (SSSR count). The molecule has 2 saturated carbocycles. The Hall–Kier alpha value is -1.12. The van der Waals surface area contributed by atoms with Gasteiger partial charge in [-0.15, -0.1) is 0 Å². The Kier molecular flexibility index (Phi) is 6.94. The molecule has 0 aromatic heterocycles. The Morgan fingerprint density at radius 3 is 1.92 bits per heavy atom. The van der Waals surface area contributed by atoms with Crippen LogP contribution >= 0.6 is 0 Å². The molecule has 2 aliphatic rings. The molecule has 3 heteroatoms. The lowest BCUT2D eigenvalue weighted by molar-refractivity contribution is 0.121. The molecule has 1 aromatic carbocycles. The van der Waals surface area contributed by atoms with Gasteiger partial charge >= 0.3 is 0 Å². The lowest BCUT2D eigenvalue weighted by Gasteiger charge is -2.37. The molecule has 1 nitrogen and oxygen atoms in total. The summed E-state index contributed by atoms with van der Waals surface area (Å²) in [5.41, 5.74) is 0.410. The van der Waals surface area contributed by atoms with Crippen molar-refractivity contribution in [2.75, 3.05) is 6.61 Å². The van der Waals surface area contributed by atoms with E-state index in [2.05, 4.69) is 6.92 Å². The van der Waals surface area contributed by atoms with E-state index >= 15 is 0 Å².